The van der Waals surface area contributed by atoms with Crippen molar-refractivity contribution in [1.29, 1.82) is 0 Å². The zero-order valence-electron chi connectivity index (χ0n) is 10.0. The van der Waals surface area contributed by atoms with Gasteiger partial charge < -0.3 is 0 Å². The molecule has 0 radical (unpaired) electrons. The van der Waals surface area contributed by atoms with Crippen LogP contribution in [0, 0.1) is 11.7 Å². The molecule has 2 rings (SSSR count). The van der Waals surface area contributed by atoms with Crippen LogP contribution in [-0.2, 0) is 0 Å². The van der Waals surface area contributed by atoms with Gasteiger partial charge in [0.25, 0.3) is 0 Å². The van der Waals surface area contributed by atoms with Gasteiger partial charge in [-0.2, -0.15) is 4.68 Å². The number of aromatic nitrogens is 4. The van der Waals surface area contributed by atoms with E-state index in [0.29, 0.717) is 17.2 Å². The van der Waals surface area contributed by atoms with Crippen molar-refractivity contribution in [3.8, 4) is 5.69 Å². The van der Waals surface area contributed by atoms with Gasteiger partial charge in [0.1, 0.15) is 6.33 Å². The van der Waals surface area contributed by atoms with E-state index in [-0.39, 0.29) is 5.02 Å². The zero-order chi connectivity index (χ0) is 13.1. The maximum Gasteiger partial charge on any atom is 0.151 e. The van der Waals surface area contributed by atoms with E-state index in [1.807, 2.05) is 19.9 Å². The van der Waals surface area contributed by atoms with E-state index in [2.05, 4.69) is 15.5 Å². The summed E-state index contributed by atoms with van der Waals surface area (Å²) in [5.74, 6) is -0.160. The van der Waals surface area contributed by atoms with Gasteiger partial charge in [-0.3, -0.25) is 0 Å². The van der Waals surface area contributed by atoms with Crippen LogP contribution in [0.15, 0.2) is 24.5 Å². The largest absolute Gasteiger partial charge is 0.205 e. The number of benzene rings is 1. The first-order chi connectivity index (χ1) is 8.59. The van der Waals surface area contributed by atoms with Crippen LogP contribution in [0.4, 0.5) is 4.39 Å². The van der Waals surface area contributed by atoms with Gasteiger partial charge in [-0.1, -0.05) is 37.6 Å². The lowest BCUT2D eigenvalue weighted by atomic mass is 10.1. The number of hydrogen-bond acceptors (Lipinski definition) is 3. The lowest BCUT2D eigenvalue weighted by Gasteiger charge is -2.07. The highest BCUT2D eigenvalue weighted by Gasteiger charge is 2.12. The van der Waals surface area contributed by atoms with E-state index < -0.39 is 5.82 Å². The second-order valence-electron chi connectivity index (χ2n) is 4.15. The fourth-order valence-electron chi connectivity index (χ4n) is 1.47. The summed E-state index contributed by atoms with van der Waals surface area (Å²) < 4.78 is 15.4. The maximum absolute atomic E-state index is 14.0. The maximum atomic E-state index is 14.0. The van der Waals surface area contributed by atoms with Gasteiger partial charge in [-0.05, 0) is 28.5 Å². The number of hydrogen-bond donors (Lipinski definition) is 0. The second-order valence-corrected chi connectivity index (χ2v) is 4.56. The molecule has 0 aliphatic carbocycles. The van der Waals surface area contributed by atoms with Crippen molar-refractivity contribution >= 4 is 17.7 Å². The fraction of sp³-hybridized carbons (Fsp3) is 0.250. The SMILES string of the molecule is CC(C)/C=C/c1c(-n2cnnn2)ccc(Cl)c1F. The first kappa shape index (κ1) is 12.7. The van der Waals surface area contributed by atoms with E-state index in [9.17, 15) is 4.39 Å². The van der Waals surface area contributed by atoms with Crippen molar-refractivity contribution < 1.29 is 4.39 Å². The highest BCUT2D eigenvalue weighted by Crippen LogP contribution is 2.25. The molecule has 4 nitrogen and oxygen atoms in total. The molecule has 94 valence electrons. The Balaban J connectivity index is 2.56. The summed E-state index contributed by atoms with van der Waals surface area (Å²) in [6.45, 7) is 4.02. The van der Waals surface area contributed by atoms with E-state index in [1.54, 1.807) is 12.1 Å². The third-order valence-electron chi connectivity index (χ3n) is 2.35. The Morgan fingerprint density at radius 1 is 1.39 bits per heavy atom. The Bertz CT molecular complexity index is 564. The van der Waals surface area contributed by atoms with Crippen molar-refractivity contribution in [3.63, 3.8) is 0 Å². The quantitative estimate of drug-likeness (QED) is 0.857. The predicted molar refractivity (Wildman–Crippen MR) is 68.0 cm³/mol. The molecule has 0 amide bonds. The van der Waals surface area contributed by atoms with Gasteiger partial charge in [0.2, 0.25) is 0 Å². The molecular formula is C12H12ClFN4. The van der Waals surface area contributed by atoms with E-state index in [1.165, 1.54) is 17.1 Å². The van der Waals surface area contributed by atoms with E-state index >= 15 is 0 Å². The fourth-order valence-corrected chi connectivity index (χ4v) is 1.64. The minimum Gasteiger partial charge on any atom is -0.205 e. The third-order valence-corrected chi connectivity index (χ3v) is 2.65. The van der Waals surface area contributed by atoms with Gasteiger partial charge in [0.05, 0.1) is 10.7 Å². The molecule has 0 N–H and O–H groups in total. The summed E-state index contributed by atoms with van der Waals surface area (Å²) in [7, 11) is 0. The van der Waals surface area contributed by atoms with Crippen LogP contribution < -0.4 is 0 Å². The molecule has 0 saturated heterocycles. The predicted octanol–water partition coefficient (Wildman–Crippen LogP) is 3.12. The molecule has 0 spiro atoms. The van der Waals surface area contributed by atoms with Crippen LogP contribution in [0.25, 0.3) is 11.8 Å². The van der Waals surface area contributed by atoms with Gasteiger partial charge in [0, 0.05) is 5.56 Å². The molecule has 0 unspecified atom stereocenters. The smallest absolute Gasteiger partial charge is 0.151 e. The summed E-state index contributed by atoms with van der Waals surface area (Å²) in [5, 5.41) is 10.9. The van der Waals surface area contributed by atoms with Crippen molar-refractivity contribution in [1.82, 2.24) is 20.2 Å². The molecular weight excluding hydrogens is 255 g/mol. The summed E-state index contributed by atoms with van der Waals surface area (Å²) in [4.78, 5) is 0. The van der Waals surface area contributed by atoms with Crippen molar-refractivity contribution in [2.75, 3.05) is 0 Å². The standard InChI is InChI=1S/C12H12ClFN4/c1-8(2)3-4-9-11(18-7-15-16-17-18)6-5-10(13)12(9)14/h3-8H,1-2H3/b4-3+. The molecule has 0 fully saturated rings. The normalized spacial score (nSPS) is 11.6. The minimum atomic E-state index is -0.471. The van der Waals surface area contributed by atoms with Gasteiger partial charge >= 0.3 is 0 Å². The highest BCUT2D eigenvalue weighted by molar-refractivity contribution is 6.31. The molecule has 0 aliphatic rings. The Kier molecular flexibility index (Phi) is 3.72. The molecule has 1 aromatic carbocycles. The van der Waals surface area contributed by atoms with Crippen LogP contribution >= 0.6 is 11.6 Å². The number of allylic oxidation sites excluding steroid dienone is 1. The molecule has 0 bridgehead atoms. The first-order valence-corrected chi connectivity index (χ1v) is 5.87. The number of nitrogens with zero attached hydrogens (tertiary/aromatic N) is 4. The van der Waals surface area contributed by atoms with Crippen LogP contribution in [0.5, 0.6) is 0 Å². The van der Waals surface area contributed by atoms with Gasteiger partial charge in [0.15, 0.2) is 5.82 Å². The highest BCUT2D eigenvalue weighted by atomic mass is 35.5. The van der Waals surface area contributed by atoms with Crippen molar-refractivity contribution in [2.24, 2.45) is 5.92 Å². The molecule has 1 aromatic heterocycles. The third kappa shape index (κ3) is 2.56. The zero-order valence-corrected chi connectivity index (χ0v) is 10.8. The second kappa shape index (κ2) is 5.27. The van der Waals surface area contributed by atoms with Crippen LogP contribution in [-0.4, -0.2) is 20.2 Å². The van der Waals surface area contributed by atoms with Crippen LogP contribution in [0.2, 0.25) is 5.02 Å². The Morgan fingerprint density at radius 3 is 2.78 bits per heavy atom. The molecule has 0 atom stereocenters. The van der Waals surface area contributed by atoms with Crippen molar-refractivity contribution in [3.05, 3.63) is 40.9 Å². The Morgan fingerprint density at radius 2 is 2.17 bits per heavy atom. The topological polar surface area (TPSA) is 43.6 Å². The molecule has 2 aromatic rings. The molecule has 18 heavy (non-hydrogen) atoms. The first-order valence-electron chi connectivity index (χ1n) is 5.49. The molecule has 0 aliphatic heterocycles. The molecule has 1 heterocycles. The van der Waals surface area contributed by atoms with E-state index in [4.69, 9.17) is 11.6 Å². The Hall–Kier alpha value is -1.75. The van der Waals surface area contributed by atoms with Crippen LogP contribution in [0.3, 0.4) is 0 Å². The summed E-state index contributed by atoms with van der Waals surface area (Å²) in [6.07, 6.45) is 5.00. The van der Waals surface area contributed by atoms with Gasteiger partial charge in [-0.15, -0.1) is 5.10 Å². The number of rotatable bonds is 3. The van der Waals surface area contributed by atoms with Crippen molar-refractivity contribution in [2.45, 2.75) is 13.8 Å². The average Bonchev–Trinajstić information content (AvgIpc) is 2.84. The molecule has 0 saturated carbocycles. The minimum absolute atomic E-state index is 0.0789. The summed E-state index contributed by atoms with van der Waals surface area (Å²) in [6, 6.07) is 3.17. The Labute approximate surface area is 109 Å². The molecule has 6 heteroatoms. The average molecular weight is 267 g/mol. The summed E-state index contributed by atoms with van der Waals surface area (Å²) in [5.41, 5.74) is 0.933. The lowest BCUT2D eigenvalue weighted by molar-refractivity contribution is 0.622. The summed E-state index contributed by atoms with van der Waals surface area (Å²) >= 11 is 5.79. The monoisotopic (exact) mass is 266 g/mol. The van der Waals surface area contributed by atoms with Gasteiger partial charge in [-0.25, -0.2) is 4.39 Å². The number of halogens is 2. The van der Waals surface area contributed by atoms with Crippen LogP contribution in [0.1, 0.15) is 19.4 Å². The number of tetrazole rings is 1. The van der Waals surface area contributed by atoms with E-state index in [0.717, 1.165) is 0 Å². The lowest BCUT2D eigenvalue weighted by Crippen LogP contribution is -2.01.